The zero-order chi connectivity index (χ0) is 17.2. The van der Waals surface area contributed by atoms with E-state index < -0.39 is 0 Å². The van der Waals surface area contributed by atoms with Crippen LogP contribution in [0.15, 0.2) is 17.5 Å². The molecular formula is C17H19ClN2O2S3. The van der Waals surface area contributed by atoms with Gasteiger partial charge in [0.15, 0.2) is 0 Å². The van der Waals surface area contributed by atoms with Crippen molar-refractivity contribution in [1.29, 1.82) is 0 Å². The second kappa shape index (κ2) is 7.96. The van der Waals surface area contributed by atoms with Gasteiger partial charge in [0.1, 0.15) is 10.7 Å². The predicted molar refractivity (Wildman–Crippen MR) is 106 cm³/mol. The number of hydrogen-bond acceptors (Lipinski definition) is 6. The van der Waals surface area contributed by atoms with E-state index in [1.54, 1.807) is 0 Å². The molecule has 0 spiro atoms. The number of rotatable bonds is 5. The van der Waals surface area contributed by atoms with Gasteiger partial charge in [0.25, 0.3) is 5.91 Å². The molecule has 0 aromatic carbocycles. The topological polar surface area (TPSA) is 42.4 Å². The molecular weight excluding hydrogens is 396 g/mol. The number of thiazole rings is 1. The van der Waals surface area contributed by atoms with Crippen LogP contribution in [0.4, 0.5) is 0 Å². The molecule has 4 nitrogen and oxygen atoms in total. The van der Waals surface area contributed by atoms with Crippen LogP contribution in [0.5, 0.6) is 0 Å². The van der Waals surface area contributed by atoms with Crippen LogP contribution in [-0.2, 0) is 4.74 Å². The Morgan fingerprint density at radius 3 is 3.00 bits per heavy atom. The van der Waals surface area contributed by atoms with Crippen LogP contribution in [0, 0.1) is 0 Å². The highest BCUT2D eigenvalue weighted by Crippen LogP contribution is 2.33. The number of carbonyl (C=O) groups excluding carboxylic acids is 1. The summed E-state index contributed by atoms with van der Waals surface area (Å²) in [7, 11) is 0. The normalized spacial score (nSPS) is 23.2. The number of hydrogen-bond donors (Lipinski definition) is 0. The van der Waals surface area contributed by atoms with Crippen molar-refractivity contribution in [3.63, 3.8) is 0 Å². The summed E-state index contributed by atoms with van der Waals surface area (Å²) < 4.78 is 6.51. The van der Waals surface area contributed by atoms with E-state index in [1.165, 1.54) is 22.7 Å². The summed E-state index contributed by atoms with van der Waals surface area (Å²) in [6.07, 6.45) is 3.36. The third-order valence-electron chi connectivity index (χ3n) is 4.54. The highest BCUT2D eigenvalue weighted by atomic mass is 35.5. The summed E-state index contributed by atoms with van der Waals surface area (Å²) in [5, 5.41) is 2.73. The Bertz CT molecular complexity index is 736. The summed E-state index contributed by atoms with van der Waals surface area (Å²) in [6.45, 7) is 1.49. The summed E-state index contributed by atoms with van der Waals surface area (Å²) >= 11 is 10.9. The fourth-order valence-corrected chi connectivity index (χ4v) is 6.37. The van der Waals surface area contributed by atoms with Crippen LogP contribution in [0.3, 0.4) is 0 Å². The number of carbonyl (C=O) groups is 1. The van der Waals surface area contributed by atoms with Gasteiger partial charge < -0.3 is 9.64 Å². The Balaban J connectivity index is 1.53. The van der Waals surface area contributed by atoms with Crippen molar-refractivity contribution in [2.45, 2.75) is 31.4 Å². The maximum Gasteiger partial charge on any atom is 0.273 e. The molecule has 2 aromatic heterocycles. The molecule has 2 saturated heterocycles. The Morgan fingerprint density at radius 1 is 1.40 bits per heavy atom. The van der Waals surface area contributed by atoms with Crippen LogP contribution in [0.1, 0.15) is 29.8 Å². The SMILES string of the molecule is O=C(c1csc(-c2ccc(Cl)s2)n1)N(C[C@H]1CCCO1)[C@H]1CCSC1. The van der Waals surface area contributed by atoms with Crippen molar-refractivity contribution in [3.05, 3.63) is 27.5 Å². The van der Waals surface area contributed by atoms with E-state index in [1.807, 2.05) is 34.2 Å². The lowest BCUT2D eigenvalue weighted by molar-refractivity contribution is 0.0438. The Hall–Kier alpha value is -0.600. The Kier molecular flexibility index (Phi) is 5.67. The zero-order valence-corrected chi connectivity index (χ0v) is 16.9. The van der Waals surface area contributed by atoms with Gasteiger partial charge in [-0.1, -0.05) is 11.6 Å². The van der Waals surface area contributed by atoms with Gasteiger partial charge in [0.2, 0.25) is 0 Å². The number of ether oxygens (including phenoxy) is 1. The van der Waals surface area contributed by atoms with E-state index in [-0.39, 0.29) is 12.0 Å². The highest BCUT2D eigenvalue weighted by Gasteiger charge is 2.32. The molecule has 25 heavy (non-hydrogen) atoms. The van der Waals surface area contributed by atoms with Gasteiger partial charge in [-0.15, -0.1) is 22.7 Å². The van der Waals surface area contributed by atoms with Gasteiger partial charge in [-0.05, 0) is 37.1 Å². The minimum atomic E-state index is 0.0353. The van der Waals surface area contributed by atoms with E-state index in [4.69, 9.17) is 16.3 Å². The van der Waals surface area contributed by atoms with Gasteiger partial charge in [0.05, 0.1) is 15.3 Å². The zero-order valence-electron chi connectivity index (χ0n) is 13.7. The molecule has 2 atom stereocenters. The van der Waals surface area contributed by atoms with Gasteiger partial charge in [0, 0.05) is 30.3 Å². The largest absolute Gasteiger partial charge is 0.376 e. The average molecular weight is 415 g/mol. The third-order valence-corrected chi connectivity index (χ3v) is 7.93. The molecule has 4 rings (SSSR count). The monoisotopic (exact) mass is 414 g/mol. The van der Waals surface area contributed by atoms with Crippen molar-refractivity contribution in [3.8, 4) is 9.88 Å². The Labute approximate surface area is 164 Å². The number of thiophene rings is 1. The van der Waals surface area contributed by atoms with Crippen molar-refractivity contribution in [1.82, 2.24) is 9.88 Å². The molecule has 2 fully saturated rings. The van der Waals surface area contributed by atoms with Gasteiger partial charge in [-0.2, -0.15) is 11.8 Å². The predicted octanol–water partition coefficient (Wildman–Crippen LogP) is 4.65. The summed E-state index contributed by atoms with van der Waals surface area (Å²) in [6, 6.07) is 4.12. The van der Waals surface area contributed by atoms with Crippen LogP contribution in [-0.4, -0.2) is 52.6 Å². The van der Waals surface area contributed by atoms with Crippen molar-refractivity contribution in [2.75, 3.05) is 24.7 Å². The number of aromatic nitrogens is 1. The standard InChI is InChI=1S/C17H19ClN2O2S3/c18-15-4-3-14(25-15)16-19-13(10-24-16)17(21)20(11-5-7-23-9-11)8-12-2-1-6-22-12/h3-4,10-12H,1-2,5-9H2/t11-,12+/m0/s1. The molecule has 0 radical (unpaired) electrons. The molecule has 8 heteroatoms. The second-order valence-electron chi connectivity index (χ2n) is 6.25. The molecule has 2 aromatic rings. The lowest BCUT2D eigenvalue weighted by Gasteiger charge is -2.30. The van der Waals surface area contributed by atoms with E-state index in [0.717, 1.165) is 51.6 Å². The molecule has 0 N–H and O–H groups in total. The molecule has 2 aliphatic heterocycles. The van der Waals surface area contributed by atoms with Crippen molar-refractivity contribution in [2.24, 2.45) is 0 Å². The molecule has 2 aliphatic rings. The van der Waals surface area contributed by atoms with Crippen LogP contribution in [0.25, 0.3) is 9.88 Å². The fourth-order valence-electron chi connectivity index (χ4n) is 3.23. The number of amides is 1. The Morgan fingerprint density at radius 2 is 2.32 bits per heavy atom. The van der Waals surface area contributed by atoms with E-state index in [0.29, 0.717) is 18.3 Å². The molecule has 0 aliphatic carbocycles. The number of halogens is 1. The summed E-state index contributed by atoms with van der Waals surface area (Å²) in [5.74, 6) is 2.17. The molecule has 0 unspecified atom stereocenters. The maximum atomic E-state index is 13.2. The number of nitrogens with zero attached hydrogens (tertiary/aromatic N) is 2. The fraction of sp³-hybridized carbons (Fsp3) is 0.529. The van der Waals surface area contributed by atoms with Gasteiger partial charge in [-0.3, -0.25) is 4.79 Å². The molecule has 0 saturated carbocycles. The molecule has 134 valence electrons. The van der Waals surface area contributed by atoms with Crippen molar-refractivity contribution >= 4 is 51.9 Å². The van der Waals surface area contributed by atoms with Gasteiger partial charge in [-0.25, -0.2) is 4.98 Å². The summed E-state index contributed by atoms with van der Waals surface area (Å²) in [5.41, 5.74) is 0.541. The van der Waals surface area contributed by atoms with E-state index in [2.05, 4.69) is 4.98 Å². The van der Waals surface area contributed by atoms with Crippen LogP contribution in [0.2, 0.25) is 4.34 Å². The molecule has 0 bridgehead atoms. The lowest BCUT2D eigenvalue weighted by atomic mass is 10.1. The van der Waals surface area contributed by atoms with Crippen LogP contribution < -0.4 is 0 Å². The maximum absolute atomic E-state index is 13.2. The quantitative estimate of drug-likeness (QED) is 0.714. The first-order chi connectivity index (χ1) is 12.2. The first-order valence-corrected chi connectivity index (χ1v) is 11.6. The average Bonchev–Trinajstić information content (AvgIpc) is 3.39. The highest BCUT2D eigenvalue weighted by molar-refractivity contribution is 7.99. The van der Waals surface area contributed by atoms with Crippen molar-refractivity contribution < 1.29 is 9.53 Å². The van der Waals surface area contributed by atoms with Gasteiger partial charge >= 0.3 is 0 Å². The van der Waals surface area contributed by atoms with E-state index >= 15 is 0 Å². The van der Waals surface area contributed by atoms with E-state index in [9.17, 15) is 4.79 Å². The first-order valence-electron chi connectivity index (χ1n) is 8.42. The minimum Gasteiger partial charge on any atom is -0.376 e. The summed E-state index contributed by atoms with van der Waals surface area (Å²) in [4.78, 5) is 20.8. The smallest absolute Gasteiger partial charge is 0.273 e. The third kappa shape index (κ3) is 4.06. The first kappa shape index (κ1) is 17.8. The van der Waals surface area contributed by atoms with Crippen LogP contribution >= 0.6 is 46.0 Å². The minimum absolute atomic E-state index is 0.0353. The second-order valence-corrected chi connectivity index (χ2v) is 9.97. The lowest BCUT2D eigenvalue weighted by Crippen LogP contribution is -2.44. The number of thioether (sulfide) groups is 1. The molecule has 1 amide bonds. The molecule has 4 heterocycles.